The van der Waals surface area contributed by atoms with Gasteiger partial charge in [-0.3, -0.25) is 9.69 Å². The molecule has 1 aromatic heterocycles. The smallest absolute Gasteiger partial charge is 0.416 e. The van der Waals surface area contributed by atoms with Crippen LogP contribution in [0.4, 0.5) is 13.2 Å². The van der Waals surface area contributed by atoms with Crippen molar-refractivity contribution in [3.63, 3.8) is 0 Å². The van der Waals surface area contributed by atoms with Crippen LogP contribution >= 0.6 is 11.8 Å². The zero-order valence-electron chi connectivity index (χ0n) is 28.7. The van der Waals surface area contributed by atoms with Gasteiger partial charge in [0, 0.05) is 66.0 Å². The molecule has 0 aliphatic carbocycles. The molecule has 52 heavy (non-hydrogen) atoms. The van der Waals surface area contributed by atoms with Crippen molar-refractivity contribution in [2.24, 2.45) is 0 Å². The van der Waals surface area contributed by atoms with E-state index in [9.17, 15) is 18.0 Å². The third-order valence-corrected chi connectivity index (χ3v) is 10.1. The second-order valence-corrected chi connectivity index (χ2v) is 14.1. The number of hydrogen-bond donors (Lipinski definition) is 1. The Bertz CT molecular complexity index is 2170. The van der Waals surface area contributed by atoms with Crippen LogP contribution in [-0.2, 0) is 32.4 Å². The van der Waals surface area contributed by atoms with Crippen molar-refractivity contribution in [3.05, 3.63) is 160 Å². The summed E-state index contributed by atoms with van der Waals surface area (Å²) >= 11 is 1.84. The molecular formula is C42H38F3N3O3S. The summed E-state index contributed by atoms with van der Waals surface area (Å²) in [6.45, 7) is 4.75. The number of aryl methyl sites for hydroxylation is 1. The lowest BCUT2D eigenvalue weighted by Crippen LogP contribution is -2.25. The van der Waals surface area contributed by atoms with Crippen LogP contribution in [0.1, 0.15) is 43.7 Å². The van der Waals surface area contributed by atoms with Gasteiger partial charge < -0.3 is 19.4 Å². The number of rotatable bonds is 13. The van der Waals surface area contributed by atoms with Gasteiger partial charge in [-0.1, -0.05) is 66.2 Å². The molecule has 1 N–H and O–H groups in total. The van der Waals surface area contributed by atoms with Crippen LogP contribution < -0.4 is 14.8 Å². The van der Waals surface area contributed by atoms with Gasteiger partial charge >= 0.3 is 6.18 Å². The predicted molar refractivity (Wildman–Crippen MR) is 199 cm³/mol. The number of halogens is 3. The lowest BCUT2D eigenvalue weighted by molar-refractivity contribution is -0.138. The first-order chi connectivity index (χ1) is 25.2. The van der Waals surface area contributed by atoms with Crippen molar-refractivity contribution in [3.8, 4) is 11.5 Å². The standard InChI is InChI=1S/C42H38F3N3O3S/c1-29-7-13-35(37(21-29)42(43,44)45)27-48-18-17-33-23-34(14-15-38(33)48)41(49)46-24-30-8-10-31(11-9-30)25-47(19-20-52-36-5-3-2-4-6-36)26-32-12-16-39-40(22-32)51-28-50-39/h2-18,21-23H,19-20,24-28H2,1H3,(H,46,49). The van der Waals surface area contributed by atoms with Crippen LogP contribution in [0, 0.1) is 6.92 Å². The zero-order valence-corrected chi connectivity index (χ0v) is 29.5. The van der Waals surface area contributed by atoms with E-state index in [-0.39, 0.29) is 24.8 Å². The average Bonchev–Trinajstić information content (AvgIpc) is 3.78. The molecule has 0 atom stereocenters. The Balaban J connectivity index is 0.966. The minimum absolute atomic E-state index is 0.0724. The number of carbonyl (C=O) groups excluding carboxylic acids is 1. The highest BCUT2D eigenvalue weighted by atomic mass is 32.2. The number of amides is 1. The molecule has 1 amide bonds. The number of alkyl halides is 3. The molecule has 0 saturated heterocycles. The van der Waals surface area contributed by atoms with E-state index in [1.165, 1.54) is 22.6 Å². The molecule has 0 radical (unpaired) electrons. The van der Waals surface area contributed by atoms with Gasteiger partial charge in [-0.05, 0) is 83.8 Å². The van der Waals surface area contributed by atoms with Gasteiger partial charge in [0.1, 0.15) is 0 Å². The number of hydrogen-bond acceptors (Lipinski definition) is 5. The maximum Gasteiger partial charge on any atom is 0.416 e. The summed E-state index contributed by atoms with van der Waals surface area (Å²) in [4.78, 5) is 16.8. The Hall–Kier alpha value is -5.19. The number of carbonyl (C=O) groups is 1. The topological polar surface area (TPSA) is 55.7 Å². The van der Waals surface area contributed by atoms with Gasteiger partial charge in [0.15, 0.2) is 11.5 Å². The Morgan fingerprint density at radius 2 is 1.58 bits per heavy atom. The lowest BCUT2D eigenvalue weighted by Gasteiger charge is -2.23. The molecular weight excluding hydrogens is 684 g/mol. The Morgan fingerprint density at radius 1 is 0.827 bits per heavy atom. The van der Waals surface area contributed by atoms with E-state index in [2.05, 4.69) is 58.7 Å². The second-order valence-electron chi connectivity index (χ2n) is 12.9. The van der Waals surface area contributed by atoms with Gasteiger partial charge in [-0.2, -0.15) is 13.2 Å². The summed E-state index contributed by atoms with van der Waals surface area (Å²) in [5.74, 6) is 2.28. The van der Waals surface area contributed by atoms with Crippen molar-refractivity contribution in [1.29, 1.82) is 0 Å². The van der Waals surface area contributed by atoms with Gasteiger partial charge in [0.05, 0.1) is 5.56 Å². The summed E-state index contributed by atoms with van der Waals surface area (Å²) < 4.78 is 54.0. The minimum Gasteiger partial charge on any atom is -0.454 e. The quantitative estimate of drug-likeness (QED) is 0.121. The number of ether oxygens (including phenoxy) is 2. The number of nitrogens with zero attached hydrogens (tertiary/aromatic N) is 2. The summed E-state index contributed by atoms with van der Waals surface area (Å²) in [6, 6.07) is 36.3. The highest BCUT2D eigenvalue weighted by Gasteiger charge is 2.33. The largest absolute Gasteiger partial charge is 0.454 e. The van der Waals surface area contributed by atoms with Crippen molar-refractivity contribution < 1.29 is 27.4 Å². The monoisotopic (exact) mass is 721 g/mol. The molecule has 0 spiro atoms. The molecule has 0 saturated carbocycles. The highest BCUT2D eigenvalue weighted by molar-refractivity contribution is 7.99. The molecule has 0 fully saturated rings. The van der Waals surface area contributed by atoms with Crippen LogP contribution in [0.25, 0.3) is 10.9 Å². The third-order valence-electron chi connectivity index (χ3n) is 9.09. The fourth-order valence-corrected chi connectivity index (χ4v) is 7.32. The Morgan fingerprint density at radius 3 is 2.38 bits per heavy atom. The summed E-state index contributed by atoms with van der Waals surface area (Å²) in [6.07, 6.45) is -2.68. The number of fused-ring (bicyclic) bond motifs is 2. The minimum atomic E-state index is -4.44. The molecule has 0 bridgehead atoms. The van der Waals surface area contributed by atoms with E-state index in [4.69, 9.17) is 9.47 Å². The summed E-state index contributed by atoms with van der Waals surface area (Å²) in [5.41, 5.74) is 4.67. The molecule has 266 valence electrons. The molecule has 1 aliphatic heterocycles. The average molecular weight is 722 g/mol. The van der Waals surface area contributed by atoms with Crippen LogP contribution in [-0.4, -0.2) is 34.5 Å². The number of benzene rings is 5. The van der Waals surface area contributed by atoms with Gasteiger partial charge in [-0.15, -0.1) is 11.8 Å². The molecule has 1 aliphatic rings. The van der Waals surface area contributed by atoms with Crippen molar-refractivity contribution >= 4 is 28.6 Å². The Labute approximate surface area is 305 Å². The first kappa shape index (κ1) is 35.2. The van der Waals surface area contributed by atoms with Crippen LogP contribution in [0.2, 0.25) is 0 Å². The fraction of sp³-hybridized carbons (Fsp3) is 0.214. The van der Waals surface area contributed by atoms with E-state index in [0.29, 0.717) is 17.7 Å². The van der Waals surface area contributed by atoms with Crippen molar-refractivity contribution in [1.82, 2.24) is 14.8 Å². The van der Waals surface area contributed by atoms with Gasteiger partial charge in [0.25, 0.3) is 5.91 Å². The van der Waals surface area contributed by atoms with Crippen LogP contribution in [0.5, 0.6) is 11.5 Å². The third kappa shape index (κ3) is 8.63. The van der Waals surface area contributed by atoms with E-state index in [0.717, 1.165) is 58.9 Å². The zero-order chi connectivity index (χ0) is 36.1. The van der Waals surface area contributed by atoms with Crippen LogP contribution in [0.3, 0.4) is 0 Å². The summed E-state index contributed by atoms with van der Waals surface area (Å²) in [5, 5.41) is 3.79. The van der Waals surface area contributed by atoms with Crippen LogP contribution in [0.15, 0.2) is 126 Å². The highest BCUT2D eigenvalue weighted by Crippen LogP contribution is 2.34. The first-order valence-corrected chi connectivity index (χ1v) is 18.1. The van der Waals surface area contributed by atoms with Gasteiger partial charge in [-0.25, -0.2) is 0 Å². The van der Waals surface area contributed by atoms with E-state index < -0.39 is 11.7 Å². The first-order valence-electron chi connectivity index (χ1n) is 17.1. The Kier molecular flexibility index (Phi) is 10.6. The van der Waals surface area contributed by atoms with E-state index >= 15 is 0 Å². The summed E-state index contributed by atoms with van der Waals surface area (Å²) in [7, 11) is 0. The molecule has 6 nitrogen and oxygen atoms in total. The lowest BCUT2D eigenvalue weighted by atomic mass is 10.0. The number of nitrogens with one attached hydrogen (secondary N) is 1. The molecule has 0 unspecified atom stereocenters. The SMILES string of the molecule is Cc1ccc(Cn2ccc3cc(C(=O)NCc4ccc(CN(CCSc5ccccc5)Cc5ccc6c(c5)OCO6)cc4)ccc32)c(C(F)(F)F)c1. The van der Waals surface area contributed by atoms with E-state index in [1.807, 2.05) is 42.1 Å². The normalized spacial score (nSPS) is 12.5. The number of thioether (sulfide) groups is 1. The second kappa shape index (κ2) is 15.6. The maximum atomic E-state index is 13.7. The molecule has 10 heteroatoms. The van der Waals surface area contributed by atoms with Crippen molar-refractivity contribution in [2.45, 2.75) is 44.2 Å². The molecule has 7 rings (SSSR count). The molecule has 6 aromatic rings. The van der Waals surface area contributed by atoms with E-state index in [1.54, 1.807) is 42.0 Å². The van der Waals surface area contributed by atoms with Gasteiger partial charge in [0.2, 0.25) is 6.79 Å². The predicted octanol–water partition coefficient (Wildman–Crippen LogP) is 9.47. The number of aromatic nitrogens is 1. The fourth-order valence-electron chi connectivity index (χ4n) is 6.38. The molecule has 5 aromatic carbocycles. The molecule has 2 heterocycles. The van der Waals surface area contributed by atoms with Crippen molar-refractivity contribution in [2.75, 3.05) is 19.1 Å². The maximum absolute atomic E-state index is 13.7.